The number of β-lactam (4-membered cyclic amide) rings is 1. The molecule has 0 aromatic heterocycles. The van der Waals surface area contributed by atoms with Crippen LogP contribution in [0.5, 0.6) is 0 Å². The van der Waals surface area contributed by atoms with Gasteiger partial charge in [0.2, 0.25) is 11.8 Å². The van der Waals surface area contributed by atoms with Gasteiger partial charge in [0, 0.05) is 55.6 Å². The van der Waals surface area contributed by atoms with Crippen LogP contribution in [0.1, 0.15) is 98.3 Å². The highest BCUT2D eigenvalue weighted by atomic mass is 32.2. The van der Waals surface area contributed by atoms with Crippen molar-refractivity contribution in [3.05, 3.63) is 155 Å². The molecular weight excluding hydrogens is 915 g/mol. The zero-order valence-corrected chi connectivity index (χ0v) is 41.3. The monoisotopic (exact) mass is 980 g/mol. The molecule has 12 nitrogen and oxygen atoms in total. The minimum absolute atomic E-state index is 0.112. The van der Waals surface area contributed by atoms with Gasteiger partial charge in [-0.2, -0.15) is 0 Å². The summed E-state index contributed by atoms with van der Waals surface area (Å²) in [4.78, 5) is 30.5. The molecule has 1 saturated heterocycles. The number of unbranched alkanes of at least 4 members (excludes halogenated alkanes) is 1. The van der Waals surface area contributed by atoms with Crippen LogP contribution in [0.2, 0.25) is 0 Å². The molecule has 15 heteroatoms. The first-order valence-corrected chi connectivity index (χ1v) is 25.9. The van der Waals surface area contributed by atoms with Crippen molar-refractivity contribution < 1.29 is 46.5 Å². The number of benzene rings is 5. The summed E-state index contributed by atoms with van der Waals surface area (Å²) in [6.07, 6.45) is 1.57. The molecule has 2 aliphatic rings. The third-order valence-corrected chi connectivity index (χ3v) is 15.8. The Kier molecular flexibility index (Phi) is 17.6. The van der Waals surface area contributed by atoms with Crippen LogP contribution in [-0.4, -0.2) is 89.4 Å². The molecule has 0 saturated carbocycles. The normalized spacial score (nSPS) is 21.1. The molecule has 2 amide bonds. The van der Waals surface area contributed by atoms with Crippen molar-refractivity contribution in [3.8, 4) is 0 Å². The van der Waals surface area contributed by atoms with Gasteiger partial charge < -0.3 is 40.1 Å². The van der Waals surface area contributed by atoms with Crippen molar-refractivity contribution in [1.82, 2.24) is 5.32 Å². The fourth-order valence-electron chi connectivity index (χ4n) is 9.95. The zero-order valence-electron chi connectivity index (χ0n) is 40.5. The van der Waals surface area contributed by atoms with E-state index in [1.807, 2.05) is 68.4 Å². The second-order valence-electron chi connectivity index (χ2n) is 18.8. The molecule has 0 radical (unpaired) electrons. The average molecular weight is 981 g/mol. The molecule has 374 valence electrons. The summed E-state index contributed by atoms with van der Waals surface area (Å²) in [7, 11) is 0.0396. The van der Waals surface area contributed by atoms with Gasteiger partial charge in [-0.05, 0) is 120 Å². The lowest BCUT2D eigenvalue weighted by Gasteiger charge is -2.48. The third kappa shape index (κ3) is 12.3. The van der Waals surface area contributed by atoms with Crippen LogP contribution in [0.4, 0.5) is 25.8 Å². The maximum Gasteiger partial charge on any atom is 0.250 e. The first-order chi connectivity index (χ1) is 33.6. The number of sulfone groups is 1. The Morgan fingerprint density at radius 3 is 2.30 bits per heavy atom. The molecule has 2 heterocycles. The van der Waals surface area contributed by atoms with Crippen LogP contribution in [0, 0.1) is 23.0 Å². The molecule has 7 rings (SSSR count). The van der Waals surface area contributed by atoms with E-state index in [0.717, 1.165) is 29.7 Å². The Hall–Kier alpha value is -5.55. The fraction of sp³-hybridized carbons (Fsp3) is 0.418. The number of ether oxygens (including phenoxy) is 2. The summed E-state index contributed by atoms with van der Waals surface area (Å²) in [5.41, 5.74) is 4.78. The minimum Gasteiger partial charge on any atom is -0.392 e. The summed E-state index contributed by atoms with van der Waals surface area (Å²) in [5.74, 6) is -2.49. The van der Waals surface area contributed by atoms with Crippen LogP contribution in [0.3, 0.4) is 0 Å². The standard InChI is InChI=1S/C55H66F2N4O8S/c1-5-7-26-55(6-2)36-70(66,67)49-25-22-45(60(3)4)33-47(49)51(53(55)64)39-11-9-13-43(32-39)59-50(63)35-69-30-29-68-28-27-58-34-37-10-8-12-40(31-37)52-46(23-24-48(62)38-14-16-41(56)17-15-38)54(65)61(52)44-20-18-42(57)19-21-44/h8-22,25,31-33,46,48,51-53,58,62,64H,5-7,23-24,26-30,34-36H2,1-4H3,(H,59,63). The van der Waals surface area contributed by atoms with Crippen molar-refractivity contribution in [1.29, 1.82) is 0 Å². The highest BCUT2D eigenvalue weighted by Crippen LogP contribution is 2.50. The van der Waals surface area contributed by atoms with Crippen molar-refractivity contribution >= 4 is 38.7 Å². The van der Waals surface area contributed by atoms with Gasteiger partial charge >= 0.3 is 0 Å². The largest absolute Gasteiger partial charge is 0.392 e. The average Bonchev–Trinajstić information content (AvgIpc) is 3.41. The number of halogens is 2. The molecule has 2 aliphatic heterocycles. The van der Waals surface area contributed by atoms with Gasteiger partial charge in [-0.25, -0.2) is 17.2 Å². The van der Waals surface area contributed by atoms with Crippen LogP contribution >= 0.6 is 0 Å². The van der Waals surface area contributed by atoms with Gasteiger partial charge in [-0.3, -0.25) is 9.59 Å². The van der Waals surface area contributed by atoms with E-state index in [2.05, 4.69) is 17.6 Å². The molecule has 0 spiro atoms. The minimum atomic E-state index is -3.74. The lowest BCUT2D eigenvalue weighted by Crippen LogP contribution is -2.55. The van der Waals surface area contributed by atoms with Gasteiger partial charge in [0.1, 0.15) is 18.2 Å². The maximum absolute atomic E-state index is 14.0. The van der Waals surface area contributed by atoms with Gasteiger partial charge in [0.15, 0.2) is 9.84 Å². The second kappa shape index (κ2) is 23.6. The van der Waals surface area contributed by atoms with Gasteiger partial charge in [-0.1, -0.05) is 75.2 Å². The molecule has 4 N–H and O–H groups in total. The van der Waals surface area contributed by atoms with Crippen LogP contribution in [0.15, 0.2) is 120 Å². The Labute approximate surface area is 410 Å². The summed E-state index contributed by atoms with van der Waals surface area (Å²) < 4.78 is 66.8. The molecule has 5 aromatic rings. The van der Waals surface area contributed by atoms with Gasteiger partial charge in [-0.15, -0.1) is 0 Å². The lowest BCUT2D eigenvalue weighted by molar-refractivity contribution is -0.131. The molecule has 6 atom stereocenters. The first-order valence-electron chi connectivity index (χ1n) is 24.2. The molecule has 0 bridgehead atoms. The predicted octanol–water partition coefficient (Wildman–Crippen LogP) is 8.88. The number of hydrogen-bond acceptors (Lipinski definition) is 10. The molecule has 0 aliphatic carbocycles. The number of carbonyl (C=O) groups excluding carboxylic acids is 2. The molecule has 1 fully saturated rings. The number of rotatable bonds is 23. The van der Waals surface area contributed by atoms with E-state index < -0.39 is 50.9 Å². The second-order valence-corrected chi connectivity index (χ2v) is 20.7. The van der Waals surface area contributed by atoms with Gasteiger partial charge in [0.05, 0.1) is 54.6 Å². The molecule has 70 heavy (non-hydrogen) atoms. The number of amides is 2. The maximum atomic E-state index is 14.0. The van der Waals surface area contributed by atoms with E-state index in [1.54, 1.807) is 53.4 Å². The highest BCUT2D eigenvalue weighted by Gasteiger charge is 2.50. The van der Waals surface area contributed by atoms with Crippen LogP contribution in [-0.2, 0) is 35.4 Å². The number of anilines is 3. The number of fused-ring (bicyclic) bond motifs is 1. The molecular formula is C55H66F2N4O8S. The number of hydrogen-bond donors (Lipinski definition) is 4. The quantitative estimate of drug-likeness (QED) is 0.0368. The summed E-state index contributed by atoms with van der Waals surface area (Å²) in [6, 6.07) is 31.7. The SMILES string of the molecule is CCCCC1(CC)CS(=O)(=O)c2ccc(N(C)C)cc2C(c2cccc(NC(=O)COCCOCCNCc3cccc(C4C(CCC(O)c5ccc(F)cc5)C(=O)N4c4ccc(F)cc4)c3)c2)C1O. The summed E-state index contributed by atoms with van der Waals surface area (Å²) >= 11 is 0. The van der Waals surface area contributed by atoms with Gasteiger partial charge in [0.25, 0.3) is 0 Å². The predicted molar refractivity (Wildman–Crippen MR) is 268 cm³/mol. The van der Waals surface area contributed by atoms with Crippen molar-refractivity contribution in [2.45, 2.75) is 88.0 Å². The number of aliphatic hydroxyl groups is 2. The third-order valence-electron chi connectivity index (χ3n) is 13.8. The van der Waals surface area contributed by atoms with Crippen molar-refractivity contribution in [2.24, 2.45) is 11.3 Å². The number of nitrogens with zero attached hydrogens (tertiary/aromatic N) is 2. The Bertz CT molecular complexity index is 2670. The Morgan fingerprint density at radius 2 is 1.59 bits per heavy atom. The Morgan fingerprint density at radius 1 is 0.886 bits per heavy atom. The summed E-state index contributed by atoms with van der Waals surface area (Å²) in [5, 5.41) is 29.5. The number of nitrogens with one attached hydrogen (secondary N) is 2. The van der Waals surface area contributed by atoms with E-state index in [9.17, 15) is 37.0 Å². The van der Waals surface area contributed by atoms with E-state index in [-0.39, 0.29) is 48.3 Å². The van der Waals surface area contributed by atoms with Crippen LogP contribution < -0.4 is 20.4 Å². The summed E-state index contributed by atoms with van der Waals surface area (Å²) in [6.45, 7) is 5.71. The van der Waals surface area contributed by atoms with Crippen LogP contribution in [0.25, 0.3) is 0 Å². The smallest absolute Gasteiger partial charge is 0.250 e. The number of carbonyl (C=O) groups is 2. The van der Waals surface area contributed by atoms with Crippen molar-refractivity contribution in [2.75, 3.05) is 67.9 Å². The van der Waals surface area contributed by atoms with E-state index in [4.69, 9.17) is 9.47 Å². The lowest BCUT2D eigenvalue weighted by atomic mass is 9.69. The highest BCUT2D eigenvalue weighted by molar-refractivity contribution is 7.91. The zero-order chi connectivity index (χ0) is 50.0. The Balaban J connectivity index is 0.889. The fourth-order valence-corrected chi connectivity index (χ4v) is 12.2. The van der Waals surface area contributed by atoms with E-state index in [1.165, 1.54) is 24.3 Å². The van der Waals surface area contributed by atoms with E-state index in [0.29, 0.717) is 73.4 Å². The molecule has 6 unspecified atom stereocenters. The first kappa shape index (κ1) is 52.3. The number of aliphatic hydroxyl groups excluding tert-OH is 2. The topological polar surface area (TPSA) is 158 Å². The molecule has 5 aromatic carbocycles. The van der Waals surface area contributed by atoms with E-state index >= 15 is 0 Å². The van der Waals surface area contributed by atoms with Crippen molar-refractivity contribution in [3.63, 3.8) is 0 Å².